The third-order valence-corrected chi connectivity index (χ3v) is 3.82. The van der Waals surface area contributed by atoms with Gasteiger partial charge in [-0.3, -0.25) is 14.5 Å². The summed E-state index contributed by atoms with van der Waals surface area (Å²) >= 11 is 0. The van der Waals surface area contributed by atoms with E-state index in [-0.39, 0.29) is 30.4 Å². The van der Waals surface area contributed by atoms with Gasteiger partial charge in [-0.05, 0) is 32.4 Å². The van der Waals surface area contributed by atoms with Crippen molar-refractivity contribution in [2.75, 3.05) is 23.9 Å². The lowest BCUT2D eigenvalue weighted by molar-refractivity contribution is -0.124. The molecule has 1 aromatic rings. The van der Waals surface area contributed by atoms with Crippen molar-refractivity contribution in [2.24, 2.45) is 0 Å². The summed E-state index contributed by atoms with van der Waals surface area (Å²) in [6.45, 7) is 5.75. The van der Waals surface area contributed by atoms with Gasteiger partial charge in [0.05, 0.1) is 18.5 Å². The summed E-state index contributed by atoms with van der Waals surface area (Å²) in [5.41, 5.74) is 1.49. The lowest BCUT2D eigenvalue weighted by Crippen LogP contribution is -2.50. The molecule has 1 heterocycles. The molecule has 0 aromatic heterocycles. The van der Waals surface area contributed by atoms with Crippen LogP contribution in [0, 0.1) is 0 Å². The maximum absolute atomic E-state index is 12.4. The lowest BCUT2D eigenvalue weighted by Gasteiger charge is -2.34. The number of carbonyl (C=O) groups excluding carboxylic acids is 2. The van der Waals surface area contributed by atoms with Crippen LogP contribution in [0.15, 0.2) is 18.2 Å². The largest absolute Gasteiger partial charge is 0.497 e. The molecule has 2 atom stereocenters. The van der Waals surface area contributed by atoms with Crippen LogP contribution in [-0.2, 0) is 9.59 Å². The minimum Gasteiger partial charge on any atom is -0.497 e. The molecule has 2 amide bonds. The number of benzene rings is 1. The summed E-state index contributed by atoms with van der Waals surface area (Å²) in [4.78, 5) is 26.0. The van der Waals surface area contributed by atoms with Crippen LogP contribution < -0.4 is 20.3 Å². The predicted molar refractivity (Wildman–Crippen MR) is 86.3 cm³/mol. The molecule has 0 radical (unpaired) electrons. The van der Waals surface area contributed by atoms with E-state index in [4.69, 9.17) is 4.74 Å². The summed E-state index contributed by atoms with van der Waals surface area (Å²) in [6.07, 6.45) is 0.853. The second-order valence-corrected chi connectivity index (χ2v) is 5.55. The summed E-state index contributed by atoms with van der Waals surface area (Å²) < 4.78 is 5.20. The maximum Gasteiger partial charge on any atom is 0.249 e. The molecule has 120 valence electrons. The Kier molecular flexibility index (Phi) is 4.90. The summed E-state index contributed by atoms with van der Waals surface area (Å²) in [7, 11) is 1.59. The molecular weight excluding hydrogens is 282 g/mol. The third-order valence-electron chi connectivity index (χ3n) is 3.82. The van der Waals surface area contributed by atoms with Crippen LogP contribution >= 0.6 is 0 Å². The lowest BCUT2D eigenvalue weighted by atomic mass is 10.1. The van der Waals surface area contributed by atoms with E-state index < -0.39 is 0 Å². The second-order valence-electron chi connectivity index (χ2n) is 5.55. The first-order chi connectivity index (χ1) is 10.5. The van der Waals surface area contributed by atoms with Gasteiger partial charge in [0.1, 0.15) is 18.3 Å². The Morgan fingerprint density at radius 3 is 2.86 bits per heavy atom. The minimum absolute atomic E-state index is 0.0223. The van der Waals surface area contributed by atoms with Crippen LogP contribution in [0.3, 0.4) is 0 Å². The van der Waals surface area contributed by atoms with E-state index in [0.29, 0.717) is 11.4 Å². The molecule has 0 spiro atoms. The Balaban J connectivity index is 2.23. The first kappa shape index (κ1) is 16.1. The number of nitrogens with one attached hydrogen (secondary N) is 2. The highest BCUT2D eigenvalue weighted by molar-refractivity contribution is 6.07. The fraction of sp³-hybridized carbons (Fsp3) is 0.500. The molecule has 2 N–H and O–H groups in total. The molecule has 0 saturated carbocycles. The number of hydrogen-bond donors (Lipinski definition) is 2. The van der Waals surface area contributed by atoms with Crippen molar-refractivity contribution in [3.63, 3.8) is 0 Å². The van der Waals surface area contributed by atoms with Gasteiger partial charge in [-0.2, -0.15) is 0 Å². The van der Waals surface area contributed by atoms with Gasteiger partial charge in [0.25, 0.3) is 0 Å². The Morgan fingerprint density at radius 1 is 1.50 bits per heavy atom. The quantitative estimate of drug-likeness (QED) is 0.869. The monoisotopic (exact) mass is 305 g/mol. The molecule has 0 saturated heterocycles. The molecule has 2 unspecified atom stereocenters. The van der Waals surface area contributed by atoms with Gasteiger partial charge in [0.2, 0.25) is 11.8 Å². The predicted octanol–water partition coefficient (Wildman–Crippen LogP) is 1.76. The Labute approximate surface area is 130 Å². The number of anilines is 2. The Hall–Kier alpha value is -2.24. The fourth-order valence-corrected chi connectivity index (χ4v) is 2.37. The number of carbonyl (C=O) groups is 2. The Morgan fingerprint density at radius 2 is 2.23 bits per heavy atom. The highest BCUT2D eigenvalue weighted by Gasteiger charge is 2.31. The number of methoxy groups -OCH3 is 1. The van der Waals surface area contributed by atoms with Crippen molar-refractivity contribution in [3.05, 3.63) is 18.2 Å². The van der Waals surface area contributed by atoms with E-state index in [1.165, 1.54) is 4.90 Å². The minimum atomic E-state index is -0.379. The first-order valence-electron chi connectivity index (χ1n) is 7.51. The van der Waals surface area contributed by atoms with E-state index in [1.54, 1.807) is 26.2 Å². The first-order valence-corrected chi connectivity index (χ1v) is 7.51. The number of hydrogen-bond acceptors (Lipinski definition) is 4. The highest BCUT2D eigenvalue weighted by Crippen LogP contribution is 2.34. The maximum atomic E-state index is 12.4. The number of nitrogens with zero attached hydrogens (tertiary/aromatic N) is 1. The van der Waals surface area contributed by atoms with E-state index in [9.17, 15) is 9.59 Å². The van der Waals surface area contributed by atoms with E-state index >= 15 is 0 Å². The molecule has 1 aliphatic heterocycles. The SMILES string of the molecule is CCC(C)NC(=O)CN1C(=O)C(C)Nc2cc(OC)ccc21. The molecule has 0 bridgehead atoms. The van der Waals surface area contributed by atoms with Gasteiger partial charge >= 0.3 is 0 Å². The van der Waals surface area contributed by atoms with Gasteiger partial charge in [-0.15, -0.1) is 0 Å². The van der Waals surface area contributed by atoms with Crippen molar-refractivity contribution in [2.45, 2.75) is 39.3 Å². The normalized spacial score (nSPS) is 18.3. The van der Waals surface area contributed by atoms with E-state index in [0.717, 1.165) is 12.1 Å². The van der Waals surface area contributed by atoms with Crippen molar-refractivity contribution >= 4 is 23.2 Å². The molecule has 0 fully saturated rings. The highest BCUT2D eigenvalue weighted by atomic mass is 16.5. The summed E-state index contributed by atoms with van der Waals surface area (Å²) in [5.74, 6) is 0.437. The zero-order valence-corrected chi connectivity index (χ0v) is 13.5. The molecule has 22 heavy (non-hydrogen) atoms. The number of ether oxygens (including phenoxy) is 1. The van der Waals surface area contributed by atoms with Crippen molar-refractivity contribution in [1.82, 2.24) is 5.32 Å². The zero-order chi connectivity index (χ0) is 16.3. The average molecular weight is 305 g/mol. The molecule has 6 nitrogen and oxygen atoms in total. The van der Waals surface area contributed by atoms with Gasteiger partial charge in [0.15, 0.2) is 0 Å². The van der Waals surface area contributed by atoms with Crippen LogP contribution in [0.5, 0.6) is 5.75 Å². The number of fused-ring (bicyclic) bond motifs is 1. The molecule has 6 heteroatoms. The third kappa shape index (κ3) is 3.32. The molecule has 0 aliphatic carbocycles. The van der Waals surface area contributed by atoms with Crippen LogP contribution in [0.25, 0.3) is 0 Å². The Bertz CT molecular complexity index is 574. The number of amides is 2. The molecule has 1 aromatic carbocycles. The van der Waals surface area contributed by atoms with Crippen LogP contribution in [0.2, 0.25) is 0 Å². The van der Waals surface area contributed by atoms with Gasteiger partial charge in [-0.1, -0.05) is 6.92 Å². The van der Waals surface area contributed by atoms with E-state index in [2.05, 4.69) is 10.6 Å². The van der Waals surface area contributed by atoms with Crippen LogP contribution in [0.4, 0.5) is 11.4 Å². The van der Waals surface area contributed by atoms with Crippen molar-refractivity contribution < 1.29 is 14.3 Å². The second kappa shape index (κ2) is 6.68. The van der Waals surface area contributed by atoms with Gasteiger partial charge in [0, 0.05) is 12.1 Å². The van der Waals surface area contributed by atoms with E-state index in [1.807, 2.05) is 19.9 Å². The van der Waals surface area contributed by atoms with Gasteiger partial charge in [-0.25, -0.2) is 0 Å². The molecule has 1 aliphatic rings. The topological polar surface area (TPSA) is 70.7 Å². The smallest absolute Gasteiger partial charge is 0.249 e. The number of rotatable bonds is 5. The van der Waals surface area contributed by atoms with Gasteiger partial charge < -0.3 is 15.4 Å². The zero-order valence-electron chi connectivity index (χ0n) is 13.5. The van der Waals surface area contributed by atoms with Crippen molar-refractivity contribution in [1.29, 1.82) is 0 Å². The summed E-state index contributed by atoms with van der Waals surface area (Å²) in [6, 6.07) is 5.12. The standard InChI is InChI=1S/C16H23N3O3/c1-5-10(2)17-15(20)9-19-14-7-6-12(22-4)8-13(14)18-11(3)16(19)21/h6-8,10-11,18H,5,9H2,1-4H3,(H,17,20). The van der Waals surface area contributed by atoms with Crippen LogP contribution in [-0.4, -0.2) is 37.6 Å². The molecular formula is C16H23N3O3. The van der Waals surface area contributed by atoms with Crippen molar-refractivity contribution in [3.8, 4) is 5.75 Å². The molecule has 2 rings (SSSR count). The van der Waals surface area contributed by atoms with Crippen LogP contribution in [0.1, 0.15) is 27.2 Å². The average Bonchev–Trinajstić information content (AvgIpc) is 2.50. The summed E-state index contributed by atoms with van der Waals surface area (Å²) in [5, 5.41) is 6.02. The fourth-order valence-electron chi connectivity index (χ4n) is 2.37.